The standard InChI is InChI=1S/C17H26N4/c1-2-21-17-6-4-3-5-15(17)16(19-21)13-20-11-8-14(7-10-18)9-12-20/h3-6,14H,2,7-13,18H2,1H3. The second-order valence-corrected chi connectivity index (χ2v) is 6.08. The first-order chi connectivity index (χ1) is 10.3. The number of rotatable bonds is 5. The van der Waals surface area contributed by atoms with Gasteiger partial charge in [-0.1, -0.05) is 18.2 Å². The topological polar surface area (TPSA) is 47.1 Å². The first kappa shape index (κ1) is 14.5. The summed E-state index contributed by atoms with van der Waals surface area (Å²) in [7, 11) is 0. The summed E-state index contributed by atoms with van der Waals surface area (Å²) < 4.78 is 2.12. The van der Waals surface area contributed by atoms with Crippen molar-refractivity contribution in [2.24, 2.45) is 11.7 Å². The van der Waals surface area contributed by atoms with Crippen molar-refractivity contribution in [1.82, 2.24) is 14.7 Å². The predicted molar refractivity (Wildman–Crippen MR) is 87.1 cm³/mol. The molecule has 0 bridgehead atoms. The van der Waals surface area contributed by atoms with E-state index in [2.05, 4.69) is 40.8 Å². The number of hydrogen-bond acceptors (Lipinski definition) is 3. The van der Waals surface area contributed by atoms with E-state index in [9.17, 15) is 0 Å². The van der Waals surface area contributed by atoms with Crippen molar-refractivity contribution >= 4 is 10.9 Å². The van der Waals surface area contributed by atoms with Crippen LogP contribution in [0.3, 0.4) is 0 Å². The quantitative estimate of drug-likeness (QED) is 0.919. The maximum atomic E-state index is 5.67. The lowest BCUT2D eigenvalue weighted by molar-refractivity contribution is 0.172. The number of nitrogens with two attached hydrogens (primary N) is 1. The van der Waals surface area contributed by atoms with Crippen molar-refractivity contribution < 1.29 is 0 Å². The number of likely N-dealkylation sites (tertiary alicyclic amines) is 1. The third-order valence-electron chi connectivity index (χ3n) is 4.69. The Hall–Kier alpha value is -1.39. The SMILES string of the molecule is CCn1nc(CN2CCC(CCN)CC2)c2ccccc21. The third kappa shape index (κ3) is 3.11. The molecule has 0 amide bonds. The second kappa shape index (κ2) is 6.58. The van der Waals surface area contributed by atoms with Crippen LogP contribution >= 0.6 is 0 Å². The Labute approximate surface area is 126 Å². The van der Waals surface area contributed by atoms with Crippen LogP contribution in [0.5, 0.6) is 0 Å². The number of nitrogens with zero attached hydrogens (tertiary/aromatic N) is 3. The Bertz CT molecular complexity index is 581. The van der Waals surface area contributed by atoms with Crippen LogP contribution in [0.1, 0.15) is 31.9 Å². The Morgan fingerprint density at radius 1 is 1.24 bits per heavy atom. The molecule has 4 heteroatoms. The summed E-state index contributed by atoms with van der Waals surface area (Å²) in [5, 5.41) is 6.12. The molecule has 21 heavy (non-hydrogen) atoms. The molecule has 2 heterocycles. The van der Waals surface area contributed by atoms with E-state index in [0.717, 1.165) is 25.6 Å². The molecule has 2 aromatic rings. The maximum absolute atomic E-state index is 5.67. The second-order valence-electron chi connectivity index (χ2n) is 6.08. The molecule has 1 aromatic carbocycles. The van der Waals surface area contributed by atoms with Crippen molar-refractivity contribution in [2.45, 2.75) is 39.3 Å². The molecule has 1 aromatic heterocycles. The van der Waals surface area contributed by atoms with Crippen LogP contribution in [0.15, 0.2) is 24.3 Å². The lowest BCUT2D eigenvalue weighted by Crippen LogP contribution is -2.34. The minimum Gasteiger partial charge on any atom is -0.330 e. The Balaban J connectivity index is 1.71. The highest BCUT2D eigenvalue weighted by Crippen LogP contribution is 2.24. The number of aromatic nitrogens is 2. The average Bonchev–Trinajstić information content (AvgIpc) is 2.88. The molecule has 4 nitrogen and oxygen atoms in total. The number of para-hydroxylation sites is 1. The summed E-state index contributed by atoms with van der Waals surface area (Å²) in [6, 6.07) is 8.58. The molecule has 1 fully saturated rings. The zero-order valence-electron chi connectivity index (χ0n) is 13.0. The Morgan fingerprint density at radius 2 is 2.00 bits per heavy atom. The fourth-order valence-electron chi connectivity index (χ4n) is 3.43. The zero-order chi connectivity index (χ0) is 14.7. The number of benzene rings is 1. The van der Waals surface area contributed by atoms with Gasteiger partial charge in [0.2, 0.25) is 0 Å². The molecule has 0 spiro atoms. The molecule has 1 aliphatic rings. The first-order valence-electron chi connectivity index (χ1n) is 8.18. The number of aryl methyl sites for hydroxylation is 1. The van der Waals surface area contributed by atoms with E-state index in [1.165, 1.54) is 48.9 Å². The molecule has 3 rings (SSSR count). The van der Waals surface area contributed by atoms with Crippen molar-refractivity contribution in [3.63, 3.8) is 0 Å². The van der Waals surface area contributed by atoms with Crippen molar-refractivity contribution in [3.05, 3.63) is 30.0 Å². The lowest BCUT2D eigenvalue weighted by Gasteiger charge is -2.31. The van der Waals surface area contributed by atoms with Crippen LogP contribution in [-0.4, -0.2) is 34.3 Å². The van der Waals surface area contributed by atoms with Gasteiger partial charge in [-0.15, -0.1) is 0 Å². The van der Waals surface area contributed by atoms with Crippen LogP contribution in [-0.2, 0) is 13.1 Å². The predicted octanol–water partition coefficient (Wildman–Crippen LogP) is 2.62. The zero-order valence-corrected chi connectivity index (χ0v) is 13.0. The molecule has 114 valence electrons. The van der Waals surface area contributed by atoms with E-state index in [1.54, 1.807) is 0 Å². The highest BCUT2D eigenvalue weighted by molar-refractivity contribution is 5.81. The van der Waals surface area contributed by atoms with Gasteiger partial charge in [0, 0.05) is 18.5 Å². The van der Waals surface area contributed by atoms with Gasteiger partial charge in [0.15, 0.2) is 0 Å². The van der Waals surface area contributed by atoms with Gasteiger partial charge in [0.1, 0.15) is 0 Å². The fraction of sp³-hybridized carbons (Fsp3) is 0.588. The molecule has 0 atom stereocenters. The molecule has 0 aliphatic carbocycles. The van der Waals surface area contributed by atoms with Gasteiger partial charge in [0.25, 0.3) is 0 Å². The summed E-state index contributed by atoms with van der Waals surface area (Å²) in [4.78, 5) is 2.54. The summed E-state index contributed by atoms with van der Waals surface area (Å²) in [6.07, 6.45) is 3.74. The highest BCUT2D eigenvalue weighted by Gasteiger charge is 2.20. The van der Waals surface area contributed by atoms with Crippen molar-refractivity contribution in [1.29, 1.82) is 0 Å². The summed E-state index contributed by atoms with van der Waals surface area (Å²) in [5.74, 6) is 0.830. The molecule has 0 saturated carbocycles. The molecule has 0 radical (unpaired) electrons. The normalized spacial score (nSPS) is 17.6. The van der Waals surface area contributed by atoms with Gasteiger partial charge in [-0.3, -0.25) is 9.58 Å². The van der Waals surface area contributed by atoms with Gasteiger partial charge in [-0.05, 0) is 57.8 Å². The minimum absolute atomic E-state index is 0.830. The van der Waals surface area contributed by atoms with Gasteiger partial charge < -0.3 is 5.73 Å². The fourth-order valence-corrected chi connectivity index (χ4v) is 3.43. The molecular weight excluding hydrogens is 260 g/mol. The lowest BCUT2D eigenvalue weighted by atomic mass is 9.93. The van der Waals surface area contributed by atoms with Crippen LogP contribution in [0.4, 0.5) is 0 Å². The van der Waals surface area contributed by atoms with E-state index in [4.69, 9.17) is 10.8 Å². The van der Waals surface area contributed by atoms with E-state index < -0.39 is 0 Å². The maximum Gasteiger partial charge on any atom is 0.0843 e. The summed E-state index contributed by atoms with van der Waals surface area (Å²) in [6.45, 7) is 7.25. The minimum atomic E-state index is 0.830. The summed E-state index contributed by atoms with van der Waals surface area (Å²) >= 11 is 0. The summed E-state index contributed by atoms with van der Waals surface area (Å²) in [5.41, 5.74) is 8.16. The van der Waals surface area contributed by atoms with Gasteiger partial charge >= 0.3 is 0 Å². The van der Waals surface area contributed by atoms with Crippen LogP contribution < -0.4 is 5.73 Å². The van der Waals surface area contributed by atoms with Crippen LogP contribution in [0, 0.1) is 5.92 Å². The van der Waals surface area contributed by atoms with Crippen LogP contribution in [0.25, 0.3) is 10.9 Å². The van der Waals surface area contributed by atoms with E-state index in [-0.39, 0.29) is 0 Å². The van der Waals surface area contributed by atoms with E-state index >= 15 is 0 Å². The van der Waals surface area contributed by atoms with E-state index in [0.29, 0.717) is 0 Å². The Kier molecular flexibility index (Phi) is 4.56. The highest BCUT2D eigenvalue weighted by atomic mass is 15.3. The first-order valence-corrected chi connectivity index (χ1v) is 8.18. The molecule has 1 saturated heterocycles. The van der Waals surface area contributed by atoms with Crippen LogP contribution in [0.2, 0.25) is 0 Å². The monoisotopic (exact) mass is 286 g/mol. The largest absolute Gasteiger partial charge is 0.330 e. The molecule has 1 aliphatic heterocycles. The van der Waals surface area contributed by atoms with Crippen molar-refractivity contribution in [3.8, 4) is 0 Å². The number of hydrogen-bond donors (Lipinski definition) is 1. The van der Waals surface area contributed by atoms with Gasteiger partial charge in [0.05, 0.1) is 11.2 Å². The van der Waals surface area contributed by atoms with Crippen molar-refractivity contribution in [2.75, 3.05) is 19.6 Å². The van der Waals surface area contributed by atoms with E-state index in [1.807, 2.05) is 0 Å². The van der Waals surface area contributed by atoms with Gasteiger partial charge in [-0.25, -0.2) is 0 Å². The average molecular weight is 286 g/mol. The number of piperidine rings is 1. The smallest absolute Gasteiger partial charge is 0.0843 e. The van der Waals surface area contributed by atoms with Gasteiger partial charge in [-0.2, -0.15) is 5.10 Å². The third-order valence-corrected chi connectivity index (χ3v) is 4.69. The Morgan fingerprint density at radius 3 is 2.71 bits per heavy atom. The number of fused-ring (bicyclic) bond motifs is 1. The molecule has 0 unspecified atom stereocenters. The molecular formula is C17H26N4. The molecule has 2 N–H and O–H groups in total.